The highest BCUT2D eigenvalue weighted by atomic mass is 16.5. The van der Waals surface area contributed by atoms with Gasteiger partial charge in [0.05, 0.1) is 14.2 Å². The Kier molecular flexibility index (Phi) is 5.40. The fourth-order valence-electron chi connectivity index (χ4n) is 4.00. The molecule has 0 saturated carbocycles. The lowest BCUT2D eigenvalue weighted by Gasteiger charge is -2.37. The van der Waals surface area contributed by atoms with Crippen molar-refractivity contribution in [3.8, 4) is 11.5 Å². The number of aromatic nitrogens is 1. The highest BCUT2D eigenvalue weighted by Crippen LogP contribution is 2.39. The number of anilines is 1. The van der Waals surface area contributed by atoms with Gasteiger partial charge in [-0.15, -0.1) is 0 Å². The first kappa shape index (κ1) is 19.9. The van der Waals surface area contributed by atoms with Crippen LogP contribution in [-0.2, 0) is 6.54 Å². The van der Waals surface area contributed by atoms with E-state index in [0.29, 0.717) is 6.54 Å². The molecule has 1 atom stereocenters. The standard InChI is InChI=1S/C24H27N3O3/c1-16-7-8-18(14-17(16)2)25-24(28)27-13-12-26-11-5-6-21(26)23(27)20-15-19(29-3)9-10-22(20)30-4/h5-11,14-15,23H,12-13H2,1-4H3,(H,25,28)/t23-/m0/s1. The molecule has 30 heavy (non-hydrogen) atoms. The van der Waals surface area contributed by atoms with Crippen molar-refractivity contribution >= 4 is 11.7 Å². The Morgan fingerprint density at radius 2 is 1.83 bits per heavy atom. The summed E-state index contributed by atoms with van der Waals surface area (Å²) in [6.07, 6.45) is 2.05. The Morgan fingerprint density at radius 3 is 2.57 bits per heavy atom. The van der Waals surface area contributed by atoms with Crippen LogP contribution in [0, 0.1) is 13.8 Å². The third-order valence-corrected chi connectivity index (χ3v) is 5.79. The second-order valence-corrected chi connectivity index (χ2v) is 7.56. The van der Waals surface area contributed by atoms with Crippen LogP contribution in [0.2, 0.25) is 0 Å². The van der Waals surface area contributed by atoms with E-state index in [1.54, 1.807) is 14.2 Å². The molecular weight excluding hydrogens is 378 g/mol. The lowest BCUT2D eigenvalue weighted by molar-refractivity contribution is 0.180. The van der Waals surface area contributed by atoms with E-state index in [1.165, 1.54) is 5.56 Å². The summed E-state index contributed by atoms with van der Waals surface area (Å²) < 4.78 is 13.3. The normalized spacial score (nSPS) is 15.5. The molecule has 2 aromatic carbocycles. The average molecular weight is 405 g/mol. The zero-order chi connectivity index (χ0) is 21.3. The van der Waals surface area contributed by atoms with Gasteiger partial charge in [0.25, 0.3) is 0 Å². The number of carbonyl (C=O) groups excluding carboxylic acids is 1. The molecule has 0 radical (unpaired) electrons. The van der Waals surface area contributed by atoms with Crippen LogP contribution in [0.4, 0.5) is 10.5 Å². The third kappa shape index (κ3) is 3.61. The molecule has 2 heterocycles. The van der Waals surface area contributed by atoms with Gasteiger partial charge in [0.1, 0.15) is 17.5 Å². The first-order chi connectivity index (χ1) is 14.5. The molecule has 0 saturated heterocycles. The number of fused-ring (bicyclic) bond motifs is 1. The highest BCUT2D eigenvalue weighted by molar-refractivity contribution is 5.90. The van der Waals surface area contributed by atoms with E-state index in [9.17, 15) is 4.79 Å². The van der Waals surface area contributed by atoms with Crippen molar-refractivity contribution in [2.45, 2.75) is 26.4 Å². The van der Waals surface area contributed by atoms with E-state index >= 15 is 0 Å². The van der Waals surface area contributed by atoms with Gasteiger partial charge in [-0.25, -0.2) is 4.79 Å². The summed E-state index contributed by atoms with van der Waals surface area (Å²) in [5, 5.41) is 3.07. The lowest BCUT2D eigenvalue weighted by Crippen LogP contribution is -2.44. The summed E-state index contributed by atoms with van der Waals surface area (Å²) in [6, 6.07) is 15.3. The van der Waals surface area contributed by atoms with Crippen molar-refractivity contribution in [3.63, 3.8) is 0 Å². The second kappa shape index (κ2) is 8.14. The van der Waals surface area contributed by atoms with E-state index in [4.69, 9.17) is 9.47 Å². The maximum atomic E-state index is 13.4. The molecule has 0 bridgehead atoms. The number of amides is 2. The third-order valence-electron chi connectivity index (χ3n) is 5.79. The molecule has 1 aromatic heterocycles. The van der Waals surface area contributed by atoms with Crippen LogP contribution in [-0.4, -0.2) is 36.3 Å². The number of rotatable bonds is 4. The minimum Gasteiger partial charge on any atom is -0.497 e. The van der Waals surface area contributed by atoms with E-state index in [2.05, 4.69) is 22.9 Å². The molecule has 4 rings (SSSR count). The number of hydrogen-bond acceptors (Lipinski definition) is 3. The number of hydrogen-bond donors (Lipinski definition) is 1. The molecule has 1 aliphatic rings. The van der Waals surface area contributed by atoms with Crippen molar-refractivity contribution < 1.29 is 14.3 Å². The van der Waals surface area contributed by atoms with Gasteiger partial charge in [-0.3, -0.25) is 0 Å². The summed E-state index contributed by atoms with van der Waals surface area (Å²) in [5.41, 5.74) is 5.07. The van der Waals surface area contributed by atoms with Gasteiger partial charge in [-0.2, -0.15) is 0 Å². The molecule has 0 fully saturated rings. The van der Waals surface area contributed by atoms with Gasteiger partial charge >= 0.3 is 6.03 Å². The molecular formula is C24H27N3O3. The van der Waals surface area contributed by atoms with Gasteiger partial charge in [-0.1, -0.05) is 6.07 Å². The molecule has 156 valence electrons. The number of nitrogens with one attached hydrogen (secondary N) is 1. The van der Waals surface area contributed by atoms with Crippen molar-refractivity contribution in [2.75, 3.05) is 26.1 Å². The van der Waals surface area contributed by atoms with Crippen LogP contribution in [0.25, 0.3) is 0 Å². The topological polar surface area (TPSA) is 55.7 Å². The molecule has 0 unspecified atom stereocenters. The highest BCUT2D eigenvalue weighted by Gasteiger charge is 2.34. The van der Waals surface area contributed by atoms with E-state index in [1.807, 2.05) is 60.5 Å². The van der Waals surface area contributed by atoms with Crippen LogP contribution < -0.4 is 14.8 Å². The SMILES string of the molecule is COc1ccc(OC)c([C@H]2c3cccn3CCN2C(=O)Nc2ccc(C)c(C)c2)c1. The number of carbonyl (C=O) groups is 1. The quantitative estimate of drug-likeness (QED) is 0.681. The Morgan fingerprint density at radius 1 is 1.00 bits per heavy atom. The number of nitrogens with zero attached hydrogens (tertiary/aromatic N) is 2. The summed E-state index contributed by atoms with van der Waals surface area (Å²) in [7, 11) is 3.28. The number of ether oxygens (including phenoxy) is 2. The maximum absolute atomic E-state index is 13.4. The summed E-state index contributed by atoms with van der Waals surface area (Å²) in [4.78, 5) is 15.2. The Bertz CT molecular complexity index is 1070. The molecule has 1 aliphatic heterocycles. The average Bonchev–Trinajstić information content (AvgIpc) is 3.24. The fraction of sp³-hybridized carbons (Fsp3) is 0.292. The van der Waals surface area contributed by atoms with Crippen LogP contribution >= 0.6 is 0 Å². The predicted octanol–water partition coefficient (Wildman–Crippen LogP) is 4.76. The first-order valence-electron chi connectivity index (χ1n) is 10.0. The largest absolute Gasteiger partial charge is 0.497 e. The molecule has 2 amide bonds. The van der Waals surface area contributed by atoms with Gasteiger partial charge < -0.3 is 24.3 Å². The molecule has 3 aromatic rings. The van der Waals surface area contributed by atoms with Crippen LogP contribution in [0.1, 0.15) is 28.4 Å². The van der Waals surface area contributed by atoms with E-state index in [0.717, 1.165) is 40.6 Å². The smallest absolute Gasteiger partial charge is 0.322 e. The number of benzene rings is 2. The molecule has 6 heteroatoms. The Labute approximate surface area is 177 Å². The molecule has 0 aliphatic carbocycles. The number of urea groups is 1. The first-order valence-corrected chi connectivity index (χ1v) is 10.0. The number of aryl methyl sites for hydroxylation is 2. The van der Waals surface area contributed by atoms with Gasteiger partial charge in [0.2, 0.25) is 0 Å². The van der Waals surface area contributed by atoms with Crippen molar-refractivity contribution in [2.24, 2.45) is 0 Å². The van der Waals surface area contributed by atoms with Crippen LogP contribution in [0.5, 0.6) is 11.5 Å². The van der Waals surface area contributed by atoms with Crippen molar-refractivity contribution in [1.82, 2.24) is 9.47 Å². The van der Waals surface area contributed by atoms with Crippen molar-refractivity contribution in [1.29, 1.82) is 0 Å². The van der Waals surface area contributed by atoms with Gasteiger partial charge in [0, 0.05) is 36.2 Å². The molecule has 0 spiro atoms. The van der Waals surface area contributed by atoms with E-state index in [-0.39, 0.29) is 12.1 Å². The van der Waals surface area contributed by atoms with Crippen LogP contribution in [0.3, 0.4) is 0 Å². The molecule has 1 N–H and O–H groups in total. The Balaban J connectivity index is 1.73. The zero-order valence-electron chi connectivity index (χ0n) is 17.8. The Hall–Kier alpha value is -3.41. The summed E-state index contributed by atoms with van der Waals surface area (Å²) >= 11 is 0. The number of methoxy groups -OCH3 is 2. The van der Waals surface area contributed by atoms with Gasteiger partial charge in [0.15, 0.2) is 0 Å². The summed E-state index contributed by atoms with van der Waals surface area (Å²) in [6.45, 7) is 5.43. The minimum absolute atomic E-state index is 0.138. The van der Waals surface area contributed by atoms with Crippen LogP contribution in [0.15, 0.2) is 54.7 Å². The zero-order valence-corrected chi connectivity index (χ0v) is 17.8. The van der Waals surface area contributed by atoms with E-state index < -0.39 is 0 Å². The molecule has 6 nitrogen and oxygen atoms in total. The lowest BCUT2D eigenvalue weighted by atomic mass is 9.98. The maximum Gasteiger partial charge on any atom is 0.322 e. The van der Waals surface area contributed by atoms with Crippen molar-refractivity contribution in [3.05, 3.63) is 77.1 Å². The summed E-state index contributed by atoms with van der Waals surface area (Å²) in [5.74, 6) is 1.45. The minimum atomic E-state index is -0.287. The second-order valence-electron chi connectivity index (χ2n) is 7.56. The van der Waals surface area contributed by atoms with Gasteiger partial charge in [-0.05, 0) is 67.4 Å². The fourth-order valence-corrected chi connectivity index (χ4v) is 4.00. The predicted molar refractivity (Wildman–Crippen MR) is 117 cm³/mol. The monoisotopic (exact) mass is 405 g/mol.